The van der Waals surface area contributed by atoms with Gasteiger partial charge in [-0.1, -0.05) is 18.2 Å². The quantitative estimate of drug-likeness (QED) is 0.443. The van der Waals surface area contributed by atoms with E-state index in [0.717, 1.165) is 0 Å². The van der Waals surface area contributed by atoms with E-state index in [2.05, 4.69) is 10.2 Å². The Morgan fingerprint density at radius 3 is 2.44 bits per heavy atom. The molecule has 0 radical (unpaired) electrons. The minimum Gasteiger partial charge on any atom is -0.505 e. The van der Waals surface area contributed by atoms with E-state index in [0.29, 0.717) is 33.8 Å². The highest BCUT2D eigenvalue weighted by Crippen LogP contribution is 2.26. The Morgan fingerprint density at radius 2 is 1.70 bits per heavy atom. The van der Waals surface area contributed by atoms with Gasteiger partial charge in [0.1, 0.15) is 34.0 Å². The van der Waals surface area contributed by atoms with E-state index < -0.39 is 5.97 Å². The van der Waals surface area contributed by atoms with Crippen LogP contribution in [0.1, 0.15) is 10.4 Å². The SMILES string of the molecule is COc1ccc(-n2nc3ccc(C(=O)Oc4ccccc4)cc3n2)c(O)c1. The molecule has 0 aliphatic carbocycles. The van der Waals surface area contributed by atoms with Gasteiger partial charge in [0.15, 0.2) is 0 Å². The normalized spacial score (nSPS) is 10.7. The molecule has 0 saturated heterocycles. The van der Waals surface area contributed by atoms with Gasteiger partial charge in [0.25, 0.3) is 0 Å². The molecule has 134 valence electrons. The number of para-hydroxylation sites is 1. The lowest BCUT2D eigenvalue weighted by Gasteiger charge is -2.05. The molecule has 0 amide bonds. The fourth-order valence-corrected chi connectivity index (χ4v) is 2.60. The molecule has 0 atom stereocenters. The topological polar surface area (TPSA) is 86.5 Å². The van der Waals surface area contributed by atoms with Crippen LogP contribution in [0.5, 0.6) is 17.2 Å². The first-order valence-electron chi connectivity index (χ1n) is 8.16. The monoisotopic (exact) mass is 361 g/mol. The van der Waals surface area contributed by atoms with Crippen LogP contribution in [0.3, 0.4) is 0 Å². The predicted octanol–water partition coefficient (Wildman–Crippen LogP) is 3.35. The summed E-state index contributed by atoms with van der Waals surface area (Å²) in [5.74, 6) is 0.497. The third-order valence-electron chi connectivity index (χ3n) is 3.97. The number of carbonyl (C=O) groups is 1. The van der Waals surface area contributed by atoms with Gasteiger partial charge < -0.3 is 14.6 Å². The van der Waals surface area contributed by atoms with Gasteiger partial charge in [-0.25, -0.2) is 4.79 Å². The second-order valence-electron chi connectivity index (χ2n) is 5.75. The van der Waals surface area contributed by atoms with Crippen molar-refractivity contribution in [1.82, 2.24) is 15.0 Å². The second-order valence-corrected chi connectivity index (χ2v) is 5.75. The summed E-state index contributed by atoms with van der Waals surface area (Å²) < 4.78 is 10.4. The molecule has 0 spiro atoms. The fourth-order valence-electron chi connectivity index (χ4n) is 2.60. The largest absolute Gasteiger partial charge is 0.505 e. The van der Waals surface area contributed by atoms with Crippen molar-refractivity contribution >= 4 is 17.0 Å². The number of ether oxygens (including phenoxy) is 2. The molecule has 0 saturated carbocycles. The summed E-state index contributed by atoms with van der Waals surface area (Å²) in [5.41, 5.74) is 1.85. The molecule has 1 N–H and O–H groups in total. The van der Waals surface area contributed by atoms with Gasteiger partial charge in [-0.2, -0.15) is 0 Å². The Bertz CT molecular complexity index is 1120. The van der Waals surface area contributed by atoms with Crippen molar-refractivity contribution in [2.24, 2.45) is 0 Å². The van der Waals surface area contributed by atoms with Crippen LogP contribution < -0.4 is 9.47 Å². The minimum atomic E-state index is -0.482. The third-order valence-corrected chi connectivity index (χ3v) is 3.97. The first kappa shape index (κ1) is 16.6. The molecular formula is C20H15N3O4. The molecule has 7 heteroatoms. The van der Waals surface area contributed by atoms with E-state index in [1.54, 1.807) is 54.6 Å². The number of hydrogen-bond donors (Lipinski definition) is 1. The Hall–Kier alpha value is -3.87. The minimum absolute atomic E-state index is 0.0154. The summed E-state index contributed by atoms with van der Waals surface area (Å²) in [4.78, 5) is 13.6. The first-order valence-corrected chi connectivity index (χ1v) is 8.16. The highest BCUT2D eigenvalue weighted by Gasteiger charge is 2.14. The lowest BCUT2D eigenvalue weighted by Crippen LogP contribution is -2.08. The Labute approximate surface area is 154 Å². The van der Waals surface area contributed by atoms with Crippen LogP contribution >= 0.6 is 0 Å². The molecule has 27 heavy (non-hydrogen) atoms. The number of carbonyl (C=O) groups excluding carboxylic acids is 1. The van der Waals surface area contributed by atoms with Gasteiger partial charge >= 0.3 is 5.97 Å². The molecular weight excluding hydrogens is 346 g/mol. The van der Waals surface area contributed by atoms with Gasteiger partial charge in [0, 0.05) is 6.07 Å². The van der Waals surface area contributed by atoms with E-state index in [1.807, 2.05) is 6.07 Å². The van der Waals surface area contributed by atoms with Crippen LogP contribution in [-0.2, 0) is 0 Å². The molecule has 7 nitrogen and oxygen atoms in total. The highest BCUT2D eigenvalue weighted by atomic mass is 16.5. The molecule has 0 aliphatic heterocycles. The predicted molar refractivity (Wildman–Crippen MR) is 98.5 cm³/mol. The number of aromatic hydroxyl groups is 1. The number of phenolic OH excluding ortho intramolecular Hbond substituents is 1. The van der Waals surface area contributed by atoms with Crippen LogP contribution in [-0.4, -0.2) is 33.2 Å². The molecule has 4 aromatic rings. The van der Waals surface area contributed by atoms with Crippen molar-refractivity contribution in [2.45, 2.75) is 0 Å². The number of aromatic nitrogens is 3. The molecule has 0 aliphatic rings. The molecule has 0 fully saturated rings. The molecule has 3 aromatic carbocycles. The standard InChI is InChI=1S/C20H15N3O4/c1-26-15-8-10-18(19(24)12-15)23-21-16-9-7-13(11-17(16)22-23)20(25)27-14-5-3-2-4-6-14/h2-12,24H,1H3. The first-order chi connectivity index (χ1) is 13.1. The Kier molecular flexibility index (Phi) is 4.18. The number of phenols is 1. The molecule has 0 unspecified atom stereocenters. The zero-order valence-corrected chi connectivity index (χ0v) is 14.4. The van der Waals surface area contributed by atoms with Crippen LogP contribution in [0.2, 0.25) is 0 Å². The summed E-state index contributed by atoms with van der Waals surface area (Å²) in [7, 11) is 1.52. The molecule has 1 aromatic heterocycles. The summed E-state index contributed by atoms with van der Waals surface area (Å²) >= 11 is 0. The lowest BCUT2D eigenvalue weighted by molar-refractivity contribution is 0.0735. The van der Waals surface area contributed by atoms with E-state index in [9.17, 15) is 9.90 Å². The Morgan fingerprint density at radius 1 is 0.926 bits per heavy atom. The number of fused-ring (bicyclic) bond motifs is 1. The van der Waals surface area contributed by atoms with Crippen LogP contribution in [0.25, 0.3) is 16.7 Å². The van der Waals surface area contributed by atoms with Crippen LogP contribution in [0, 0.1) is 0 Å². The number of hydrogen-bond acceptors (Lipinski definition) is 6. The zero-order valence-electron chi connectivity index (χ0n) is 14.4. The number of methoxy groups -OCH3 is 1. The van der Waals surface area contributed by atoms with Gasteiger partial charge in [-0.15, -0.1) is 15.0 Å². The average Bonchev–Trinajstić information content (AvgIpc) is 3.11. The van der Waals surface area contributed by atoms with E-state index >= 15 is 0 Å². The van der Waals surface area contributed by atoms with Gasteiger partial charge in [0.05, 0.1) is 12.7 Å². The van der Waals surface area contributed by atoms with E-state index in [4.69, 9.17) is 9.47 Å². The number of benzene rings is 3. The molecule has 1 heterocycles. The van der Waals surface area contributed by atoms with Gasteiger partial charge in [-0.05, 0) is 42.5 Å². The highest BCUT2D eigenvalue weighted by molar-refractivity contribution is 5.94. The van der Waals surface area contributed by atoms with Crippen molar-refractivity contribution in [3.8, 4) is 22.9 Å². The lowest BCUT2D eigenvalue weighted by atomic mass is 10.2. The maximum atomic E-state index is 12.3. The van der Waals surface area contributed by atoms with Crippen molar-refractivity contribution in [1.29, 1.82) is 0 Å². The summed E-state index contributed by atoms with van der Waals surface area (Å²) in [6, 6.07) is 18.6. The third kappa shape index (κ3) is 3.30. The molecule has 0 bridgehead atoms. The van der Waals surface area contributed by atoms with E-state index in [1.165, 1.54) is 18.0 Å². The summed E-state index contributed by atoms with van der Waals surface area (Å²) in [5, 5.41) is 18.8. The maximum absolute atomic E-state index is 12.3. The van der Waals surface area contributed by atoms with Gasteiger partial charge in [-0.3, -0.25) is 0 Å². The van der Waals surface area contributed by atoms with Crippen molar-refractivity contribution < 1.29 is 19.4 Å². The van der Waals surface area contributed by atoms with Gasteiger partial charge in [0.2, 0.25) is 0 Å². The van der Waals surface area contributed by atoms with Crippen molar-refractivity contribution in [2.75, 3.05) is 7.11 Å². The fraction of sp³-hybridized carbons (Fsp3) is 0.0500. The van der Waals surface area contributed by atoms with Crippen molar-refractivity contribution in [3.05, 3.63) is 72.3 Å². The zero-order chi connectivity index (χ0) is 18.8. The summed E-state index contributed by atoms with van der Waals surface area (Å²) in [6.07, 6.45) is 0. The maximum Gasteiger partial charge on any atom is 0.343 e. The smallest absolute Gasteiger partial charge is 0.343 e. The number of nitrogens with zero attached hydrogens (tertiary/aromatic N) is 3. The average molecular weight is 361 g/mol. The number of rotatable bonds is 4. The Balaban J connectivity index is 1.65. The van der Waals surface area contributed by atoms with Crippen LogP contribution in [0.4, 0.5) is 0 Å². The van der Waals surface area contributed by atoms with Crippen molar-refractivity contribution in [3.63, 3.8) is 0 Å². The van der Waals surface area contributed by atoms with Crippen LogP contribution in [0.15, 0.2) is 66.7 Å². The molecule has 4 rings (SSSR count). The van der Waals surface area contributed by atoms with E-state index in [-0.39, 0.29) is 5.75 Å². The second kappa shape index (κ2) is 6.80. The number of esters is 1. The summed E-state index contributed by atoms with van der Waals surface area (Å²) in [6.45, 7) is 0.